The molecule has 0 unspecified atom stereocenters. The van der Waals surface area contributed by atoms with Crippen molar-refractivity contribution in [3.63, 3.8) is 0 Å². The third kappa shape index (κ3) is 3.66. The van der Waals surface area contributed by atoms with Crippen molar-refractivity contribution in [1.29, 1.82) is 0 Å². The minimum Gasteiger partial charge on any atom is -0.494 e. The summed E-state index contributed by atoms with van der Waals surface area (Å²) in [7, 11) is 0. The number of anilines is 1. The van der Waals surface area contributed by atoms with Crippen LogP contribution in [0.1, 0.15) is 31.2 Å². The van der Waals surface area contributed by atoms with E-state index in [0.717, 1.165) is 44.5 Å². The maximum atomic E-state index is 5.87. The lowest BCUT2D eigenvalue weighted by Crippen LogP contribution is -2.28. The Balaban J connectivity index is 1.60. The smallest absolute Gasteiger partial charge is 0.119 e. The average Bonchev–Trinajstić information content (AvgIpc) is 3.25. The van der Waals surface area contributed by atoms with Crippen LogP contribution in [0, 0.1) is 12.8 Å². The molecule has 1 aromatic rings. The molecule has 3 nitrogen and oxygen atoms in total. The first kappa shape index (κ1) is 13.7. The van der Waals surface area contributed by atoms with Gasteiger partial charge in [-0.3, -0.25) is 0 Å². The van der Waals surface area contributed by atoms with Crippen LogP contribution in [-0.4, -0.2) is 32.8 Å². The Labute approximate surface area is 122 Å². The molecule has 1 N–H and O–H groups in total. The summed E-state index contributed by atoms with van der Waals surface area (Å²) < 4.78 is 5.87. The van der Waals surface area contributed by atoms with E-state index in [4.69, 9.17) is 4.74 Å². The van der Waals surface area contributed by atoms with Crippen LogP contribution in [-0.2, 0) is 0 Å². The van der Waals surface area contributed by atoms with Crippen molar-refractivity contribution in [1.82, 2.24) is 5.32 Å². The van der Waals surface area contributed by atoms with E-state index in [2.05, 4.69) is 35.3 Å². The molecule has 2 aliphatic rings. The lowest BCUT2D eigenvalue weighted by molar-refractivity contribution is 0.302. The zero-order valence-electron chi connectivity index (χ0n) is 12.5. The van der Waals surface area contributed by atoms with Gasteiger partial charge in [-0.1, -0.05) is 12.8 Å². The highest BCUT2D eigenvalue weighted by atomic mass is 16.5. The first-order valence-electron chi connectivity index (χ1n) is 8.02. The molecule has 3 heteroatoms. The molecule has 0 aromatic heterocycles. The maximum absolute atomic E-state index is 5.87. The first-order chi connectivity index (χ1) is 9.83. The van der Waals surface area contributed by atoms with Crippen molar-refractivity contribution in [2.45, 2.75) is 32.6 Å². The molecular formula is C17H26N2O. The van der Waals surface area contributed by atoms with Gasteiger partial charge in [-0.05, 0) is 56.0 Å². The van der Waals surface area contributed by atoms with E-state index < -0.39 is 0 Å². The molecule has 0 atom stereocenters. The summed E-state index contributed by atoms with van der Waals surface area (Å²) in [5.41, 5.74) is 2.69. The Bertz CT molecular complexity index is 435. The third-order valence-electron chi connectivity index (χ3n) is 4.34. The van der Waals surface area contributed by atoms with Crippen LogP contribution in [0.5, 0.6) is 5.75 Å². The lowest BCUT2D eigenvalue weighted by atomic mass is 10.1. The number of hydrogen-bond acceptors (Lipinski definition) is 3. The summed E-state index contributed by atoms with van der Waals surface area (Å²) >= 11 is 0. The Morgan fingerprint density at radius 3 is 2.95 bits per heavy atom. The molecule has 1 aromatic carbocycles. The number of hydrogen-bond donors (Lipinski definition) is 1. The number of rotatable bonds is 5. The van der Waals surface area contributed by atoms with E-state index in [0.29, 0.717) is 0 Å². The van der Waals surface area contributed by atoms with Crippen molar-refractivity contribution in [3.8, 4) is 5.75 Å². The van der Waals surface area contributed by atoms with Gasteiger partial charge in [0.1, 0.15) is 5.75 Å². The van der Waals surface area contributed by atoms with Crippen molar-refractivity contribution < 1.29 is 4.74 Å². The summed E-state index contributed by atoms with van der Waals surface area (Å²) in [6.07, 6.45) is 5.26. The predicted molar refractivity (Wildman–Crippen MR) is 83.7 cm³/mol. The standard InChI is InChI=1S/C17H26N2O/c1-14-13-16(20-12-7-15-3-4-15)5-6-17(14)19-10-2-8-18-9-11-19/h5-6,13,15,18H,2-4,7-12H2,1H3. The summed E-state index contributed by atoms with van der Waals surface area (Å²) in [5.74, 6) is 1.97. The van der Waals surface area contributed by atoms with Crippen molar-refractivity contribution in [2.75, 3.05) is 37.7 Å². The van der Waals surface area contributed by atoms with Crippen LogP contribution < -0.4 is 15.0 Å². The number of benzene rings is 1. The molecule has 0 spiro atoms. The zero-order valence-corrected chi connectivity index (χ0v) is 12.5. The molecule has 3 rings (SSSR count). The van der Waals surface area contributed by atoms with Crippen LogP contribution in [0.3, 0.4) is 0 Å². The second-order valence-electron chi connectivity index (χ2n) is 6.12. The fourth-order valence-electron chi connectivity index (χ4n) is 2.91. The van der Waals surface area contributed by atoms with Gasteiger partial charge >= 0.3 is 0 Å². The Hall–Kier alpha value is -1.22. The van der Waals surface area contributed by atoms with Gasteiger partial charge in [0.15, 0.2) is 0 Å². The second-order valence-corrected chi connectivity index (χ2v) is 6.12. The molecule has 0 bridgehead atoms. The minimum atomic E-state index is 0.872. The number of aryl methyl sites for hydroxylation is 1. The van der Waals surface area contributed by atoms with E-state index in [1.54, 1.807) is 0 Å². The molecule has 1 aliphatic carbocycles. The van der Waals surface area contributed by atoms with E-state index >= 15 is 0 Å². The largest absolute Gasteiger partial charge is 0.494 e. The van der Waals surface area contributed by atoms with Crippen LogP contribution in [0.4, 0.5) is 5.69 Å². The van der Waals surface area contributed by atoms with E-state index in [-0.39, 0.29) is 0 Å². The molecule has 1 heterocycles. The maximum Gasteiger partial charge on any atom is 0.119 e. The summed E-state index contributed by atoms with van der Waals surface area (Å²) in [5, 5.41) is 3.46. The summed E-state index contributed by atoms with van der Waals surface area (Å²) in [6.45, 7) is 7.54. The molecule has 20 heavy (non-hydrogen) atoms. The van der Waals surface area contributed by atoms with E-state index in [1.165, 1.54) is 36.9 Å². The third-order valence-corrected chi connectivity index (χ3v) is 4.34. The lowest BCUT2D eigenvalue weighted by Gasteiger charge is -2.24. The van der Waals surface area contributed by atoms with Gasteiger partial charge in [-0.2, -0.15) is 0 Å². The van der Waals surface area contributed by atoms with Crippen LogP contribution >= 0.6 is 0 Å². The van der Waals surface area contributed by atoms with Gasteiger partial charge in [0, 0.05) is 25.3 Å². The van der Waals surface area contributed by atoms with Crippen LogP contribution in [0.2, 0.25) is 0 Å². The molecule has 1 saturated carbocycles. The van der Waals surface area contributed by atoms with Gasteiger partial charge in [0.05, 0.1) is 6.61 Å². The fraction of sp³-hybridized carbons (Fsp3) is 0.647. The Morgan fingerprint density at radius 1 is 1.25 bits per heavy atom. The van der Waals surface area contributed by atoms with Gasteiger partial charge in [-0.25, -0.2) is 0 Å². The monoisotopic (exact) mass is 274 g/mol. The number of nitrogens with one attached hydrogen (secondary N) is 1. The molecule has 0 radical (unpaired) electrons. The molecule has 1 aliphatic heterocycles. The van der Waals surface area contributed by atoms with Gasteiger partial charge in [0.2, 0.25) is 0 Å². The van der Waals surface area contributed by atoms with Crippen molar-refractivity contribution in [2.24, 2.45) is 5.92 Å². The van der Waals surface area contributed by atoms with E-state index in [9.17, 15) is 0 Å². The summed E-state index contributed by atoms with van der Waals surface area (Å²) in [6, 6.07) is 6.56. The molecule has 110 valence electrons. The zero-order chi connectivity index (χ0) is 13.8. The predicted octanol–water partition coefficient (Wildman–Crippen LogP) is 2.97. The normalized spacial score (nSPS) is 19.8. The van der Waals surface area contributed by atoms with Crippen LogP contribution in [0.15, 0.2) is 18.2 Å². The highest BCUT2D eigenvalue weighted by Crippen LogP contribution is 2.32. The average molecular weight is 274 g/mol. The first-order valence-corrected chi connectivity index (χ1v) is 8.02. The number of ether oxygens (including phenoxy) is 1. The van der Waals surface area contributed by atoms with Crippen molar-refractivity contribution >= 4 is 5.69 Å². The van der Waals surface area contributed by atoms with Gasteiger partial charge in [-0.15, -0.1) is 0 Å². The van der Waals surface area contributed by atoms with Gasteiger partial charge < -0.3 is 15.0 Å². The highest BCUT2D eigenvalue weighted by molar-refractivity contribution is 5.56. The fourth-order valence-corrected chi connectivity index (χ4v) is 2.91. The van der Waals surface area contributed by atoms with E-state index in [1.807, 2.05) is 0 Å². The van der Waals surface area contributed by atoms with Crippen molar-refractivity contribution in [3.05, 3.63) is 23.8 Å². The van der Waals surface area contributed by atoms with Gasteiger partial charge in [0.25, 0.3) is 0 Å². The minimum absolute atomic E-state index is 0.872. The topological polar surface area (TPSA) is 24.5 Å². The molecular weight excluding hydrogens is 248 g/mol. The molecule has 2 fully saturated rings. The SMILES string of the molecule is Cc1cc(OCCC2CC2)ccc1N1CCCNCC1. The highest BCUT2D eigenvalue weighted by Gasteiger charge is 2.20. The molecule has 1 saturated heterocycles. The Morgan fingerprint density at radius 2 is 2.15 bits per heavy atom. The molecule has 0 amide bonds. The second kappa shape index (κ2) is 6.49. The summed E-state index contributed by atoms with van der Waals surface area (Å²) in [4.78, 5) is 2.49. The Kier molecular flexibility index (Phi) is 4.46. The van der Waals surface area contributed by atoms with Crippen LogP contribution in [0.25, 0.3) is 0 Å². The quantitative estimate of drug-likeness (QED) is 0.893. The number of nitrogens with zero attached hydrogens (tertiary/aromatic N) is 1.